The summed E-state index contributed by atoms with van der Waals surface area (Å²) in [7, 11) is 0. The van der Waals surface area contributed by atoms with Gasteiger partial charge in [-0.3, -0.25) is 10.1 Å². The van der Waals surface area contributed by atoms with E-state index in [0.29, 0.717) is 6.42 Å². The number of nitrogens with one attached hydrogen (secondary N) is 1. The number of aliphatic carboxylic acids is 1. The average Bonchev–Trinajstić information content (AvgIpc) is 2.58. The highest BCUT2D eigenvalue weighted by Crippen LogP contribution is 2.32. The van der Waals surface area contributed by atoms with Crippen LogP contribution in [0.3, 0.4) is 0 Å². The van der Waals surface area contributed by atoms with E-state index in [1.54, 1.807) is 11.8 Å². The number of hydrogen-bond acceptors (Lipinski definition) is 3. The van der Waals surface area contributed by atoms with E-state index in [9.17, 15) is 9.90 Å². The largest absolute Gasteiger partial charge is 0.480 e. The molecule has 2 aromatic carbocycles. The second-order valence-corrected chi connectivity index (χ2v) is 7.66. The number of rotatable bonds is 4. The van der Waals surface area contributed by atoms with Crippen LogP contribution in [0.1, 0.15) is 39.6 Å². The topological polar surface area (TPSA) is 49.3 Å². The van der Waals surface area contributed by atoms with Crippen LogP contribution >= 0.6 is 11.8 Å². The van der Waals surface area contributed by atoms with Crippen molar-refractivity contribution in [2.75, 3.05) is 5.75 Å². The summed E-state index contributed by atoms with van der Waals surface area (Å²) in [5.74, 6) is 0.116. The van der Waals surface area contributed by atoms with E-state index in [1.165, 1.54) is 22.3 Å². The molecule has 2 unspecified atom stereocenters. The summed E-state index contributed by atoms with van der Waals surface area (Å²) in [6.45, 7) is 4.27. The first-order chi connectivity index (χ1) is 11.5. The number of carboxylic acid groups (broad SMARTS) is 1. The molecule has 0 radical (unpaired) electrons. The molecule has 2 atom stereocenters. The van der Waals surface area contributed by atoms with Crippen LogP contribution in [0.2, 0.25) is 0 Å². The first-order valence-electron chi connectivity index (χ1n) is 8.28. The SMILES string of the molecule is Cc1ccc(Cc2ccc(C3NC(C(=O)O)CCS3)cc2)c(C)c1. The first-order valence-corrected chi connectivity index (χ1v) is 9.33. The van der Waals surface area contributed by atoms with Gasteiger partial charge in [-0.1, -0.05) is 48.0 Å². The molecule has 0 amide bonds. The van der Waals surface area contributed by atoms with Crippen LogP contribution in [-0.2, 0) is 11.2 Å². The molecule has 1 heterocycles. The molecule has 3 nitrogen and oxygen atoms in total. The standard InChI is InChI=1S/C20H23NO2S/c1-13-3-6-17(14(2)11-13)12-15-4-7-16(8-5-15)19-21-18(20(22)23)9-10-24-19/h3-8,11,18-19,21H,9-10,12H2,1-2H3,(H,22,23). The molecule has 0 aliphatic carbocycles. The smallest absolute Gasteiger partial charge is 0.320 e. The van der Waals surface area contributed by atoms with Gasteiger partial charge in [0.1, 0.15) is 6.04 Å². The normalized spacial score (nSPS) is 20.8. The lowest BCUT2D eigenvalue weighted by atomic mass is 9.98. The van der Waals surface area contributed by atoms with Gasteiger partial charge in [-0.2, -0.15) is 0 Å². The molecule has 1 aliphatic heterocycles. The lowest BCUT2D eigenvalue weighted by Gasteiger charge is -2.28. The third kappa shape index (κ3) is 4.00. The average molecular weight is 341 g/mol. The van der Waals surface area contributed by atoms with E-state index < -0.39 is 12.0 Å². The summed E-state index contributed by atoms with van der Waals surface area (Å²) in [5.41, 5.74) is 6.40. The maximum absolute atomic E-state index is 11.2. The molecule has 24 heavy (non-hydrogen) atoms. The molecule has 126 valence electrons. The van der Waals surface area contributed by atoms with Crippen LogP contribution in [-0.4, -0.2) is 22.9 Å². The Bertz CT molecular complexity index is 727. The monoisotopic (exact) mass is 341 g/mol. The molecule has 1 fully saturated rings. The lowest BCUT2D eigenvalue weighted by Crippen LogP contribution is -2.41. The van der Waals surface area contributed by atoms with E-state index in [2.05, 4.69) is 61.6 Å². The Morgan fingerprint density at radius 3 is 2.62 bits per heavy atom. The van der Waals surface area contributed by atoms with Crippen LogP contribution in [0.15, 0.2) is 42.5 Å². The van der Waals surface area contributed by atoms with Crippen molar-refractivity contribution in [3.63, 3.8) is 0 Å². The molecule has 0 bridgehead atoms. The minimum atomic E-state index is -0.758. The van der Waals surface area contributed by atoms with Gasteiger partial charge >= 0.3 is 5.97 Å². The molecule has 0 spiro atoms. The van der Waals surface area contributed by atoms with Crippen molar-refractivity contribution in [1.29, 1.82) is 0 Å². The van der Waals surface area contributed by atoms with E-state index in [1.807, 2.05) is 0 Å². The Kier molecular flexibility index (Phi) is 5.27. The van der Waals surface area contributed by atoms with Gasteiger partial charge < -0.3 is 5.11 Å². The predicted octanol–water partition coefficient (Wildman–Crippen LogP) is 4.07. The Hall–Kier alpha value is -1.78. The predicted molar refractivity (Wildman–Crippen MR) is 99.5 cm³/mol. The van der Waals surface area contributed by atoms with E-state index in [4.69, 9.17) is 0 Å². The van der Waals surface area contributed by atoms with Crippen molar-refractivity contribution < 1.29 is 9.90 Å². The fourth-order valence-electron chi connectivity index (χ4n) is 3.08. The highest BCUT2D eigenvalue weighted by Gasteiger charge is 2.27. The second kappa shape index (κ2) is 7.41. The molecule has 0 saturated carbocycles. The van der Waals surface area contributed by atoms with Crippen LogP contribution in [0.25, 0.3) is 0 Å². The number of hydrogen-bond donors (Lipinski definition) is 2. The molecule has 1 aliphatic rings. The fourth-order valence-corrected chi connectivity index (χ4v) is 4.30. The summed E-state index contributed by atoms with van der Waals surface area (Å²) in [4.78, 5) is 11.2. The minimum absolute atomic E-state index is 0.0648. The maximum atomic E-state index is 11.2. The van der Waals surface area contributed by atoms with Gasteiger partial charge in [0.15, 0.2) is 0 Å². The molecular weight excluding hydrogens is 318 g/mol. The third-order valence-electron chi connectivity index (χ3n) is 4.52. The van der Waals surface area contributed by atoms with Crippen molar-refractivity contribution >= 4 is 17.7 Å². The summed E-state index contributed by atoms with van der Waals surface area (Å²) < 4.78 is 0. The molecule has 0 aromatic heterocycles. The third-order valence-corrected chi connectivity index (χ3v) is 5.73. The Labute approximate surface area is 147 Å². The van der Waals surface area contributed by atoms with Gasteiger partial charge in [-0.25, -0.2) is 0 Å². The summed E-state index contributed by atoms with van der Waals surface area (Å²) >= 11 is 1.78. The van der Waals surface area contributed by atoms with Gasteiger partial charge in [-0.15, -0.1) is 11.8 Å². The Morgan fingerprint density at radius 1 is 1.21 bits per heavy atom. The van der Waals surface area contributed by atoms with Crippen LogP contribution < -0.4 is 5.32 Å². The van der Waals surface area contributed by atoms with Crippen LogP contribution in [0, 0.1) is 13.8 Å². The highest BCUT2D eigenvalue weighted by atomic mass is 32.2. The highest BCUT2D eigenvalue weighted by molar-refractivity contribution is 7.99. The summed E-state index contributed by atoms with van der Waals surface area (Å²) in [6, 6.07) is 14.7. The Balaban J connectivity index is 1.70. The zero-order valence-corrected chi connectivity index (χ0v) is 14.9. The summed E-state index contributed by atoms with van der Waals surface area (Å²) in [5, 5.41) is 12.5. The van der Waals surface area contributed by atoms with Crippen molar-refractivity contribution in [2.45, 2.75) is 38.1 Å². The zero-order chi connectivity index (χ0) is 17.1. The van der Waals surface area contributed by atoms with E-state index in [-0.39, 0.29) is 5.37 Å². The van der Waals surface area contributed by atoms with Crippen molar-refractivity contribution in [1.82, 2.24) is 5.32 Å². The van der Waals surface area contributed by atoms with Crippen LogP contribution in [0.5, 0.6) is 0 Å². The van der Waals surface area contributed by atoms with Gasteiger partial charge in [0.05, 0.1) is 5.37 Å². The fraction of sp³-hybridized carbons (Fsp3) is 0.350. The Morgan fingerprint density at radius 2 is 1.96 bits per heavy atom. The number of carboxylic acids is 1. The van der Waals surface area contributed by atoms with Gasteiger partial charge in [0, 0.05) is 0 Å². The van der Waals surface area contributed by atoms with Gasteiger partial charge in [-0.05, 0) is 54.7 Å². The first kappa shape index (κ1) is 17.1. The van der Waals surface area contributed by atoms with E-state index >= 15 is 0 Å². The molecule has 2 N–H and O–H groups in total. The van der Waals surface area contributed by atoms with E-state index in [0.717, 1.165) is 17.7 Å². The maximum Gasteiger partial charge on any atom is 0.320 e. The summed E-state index contributed by atoms with van der Waals surface area (Å²) in [6.07, 6.45) is 1.61. The van der Waals surface area contributed by atoms with Gasteiger partial charge in [0.2, 0.25) is 0 Å². The van der Waals surface area contributed by atoms with Gasteiger partial charge in [0.25, 0.3) is 0 Å². The number of benzene rings is 2. The number of aryl methyl sites for hydroxylation is 2. The minimum Gasteiger partial charge on any atom is -0.480 e. The quantitative estimate of drug-likeness (QED) is 0.880. The molecule has 3 rings (SSSR count). The number of carbonyl (C=O) groups is 1. The number of thioether (sulfide) groups is 1. The van der Waals surface area contributed by atoms with Crippen molar-refractivity contribution in [3.05, 3.63) is 70.3 Å². The van der Waals surface area contributed by atoms with Crippen molar-refractivity contribution in [3.8, 4) is 0 Å². The molecule has 1 saturated heterocycles. The molecule has 2 aromatic rings. The molecule has 4 heteroatoms. The van der Waals surface area contributed by atoms with Crippen LogP contribution in [0.4, 0.5) is 0 Å². The second-order valence-electron chi connectivity index (χ2n) is 6.45. The zero-order valence-electron chi connectivity index (χ0n) is 14.1. The lowest BCUT2D eigenvalue weighted by molar-refractivity contribution is -0.139. The molecular formula is C20H23NO2S. The van der Waals surface area contributed by atoms with Crippen molar-refractivity contribution in [2.24, 2.45) is 0 Å².